The predicted octanol–water partition coefficient (Wildman–Crippen LogP) is 3.55. The van der Waals surface area contributed by atoms with Crippen molar-refractivity contribution in [3.05, 3.63) is 77.7 Å². The van der Waals surface area contributed by atoms with Gasteiger partial charge in [0, 0.05) is 17.8 Å². The van der Waals surface area contributed by atoms with Crippen LogP contribution in [0.1, 0.15) is 22.9 Å². The van der Waals surface area contributed by atoms with E-state index < -0.39 is 6.10 Å². The van der Waals surface area contributed by atoms with E-state index in [9.17, 15) is 5.11 Å². The Morgan fingerprint density at radius 1 is 1.00 bits per heavy atom. The van der Waals surface area contributed by atoms with Gasteiger partial charge in [-0.3, -0.25) is 0 Å². The summed E-state index contributed by atoms with van der Waals surface area (Å²) >= 11 is 0. The molecule has 2 aromatic heterocycles. The molecule has 0 bridgehead atoms. The lowest BCUT2D eigenvalue weighted by atomic mass is 10.0. The Hall–Kier alpha value is -3.25. The van der Waals surface area contributed by atoms with Crippen LogP contribution in [0.5, 0.6) is 0 Å². The third kappa shape index (κ3) is 3.39. The molecule has 0 fully saturated rings. The Bertz CT molecular complexity index is 1060. The molecule has 4 aromatic rings. The first-order valence-electron chi connectivity index (χ1n) is 8.88. The number of anilines is 1. The van der Waals surface area contributed by atoms with Crippen molar-refractivity contribution < 1.29 is 5.11 Å². The molecule has 2 N–H and O–H groups in total. The molecule has 0 aliphatic rings. The topological polar surface area (TPSA) is 75.3 Å². The number of aliphatic hydroxyl groups excluding tert-OH is 1. The summed E-state index contributed by atoms with van der Waals surface area (Å²) in [7, 11) is 0. The minimum Gasteiger partial charge on any atom is -0.387 e. The highest BCUT2D eigenvalue weighted by molar-refractivity contribution is 5.63. The van der Waals surface area contributed by atoms with Crippen molar-refractivity contribution >= 4 is 11.6 Å². The average molecular weight is 359 g/mol. The van der Waals surface area contributed by atoms with Crippen LogP contribution >= 0.6 is 0 Å². The molecule has 2 aromatic carbocycles. The molecule has 6 heteroatoms. The van der Waals surface area contributed by atoms with Gasteiger partial charge in [0.25, 0.3) is 5.78 Å². The van der Waals surface area contributed by atoms with Crippen LogP contribution < -0.4 is 5.32 Å². The van der Waals surface area contributed by atoms with Gasteiger partial charge in [-0.1, -0.05) is 54.6 Å². The minimum atomic E-state index is -0.638. The fraction of sp³-hybridized carbons (Fsp3) is 0.190. The van der Waals surface area contributed by atoms with E-state index >= 15 is 0 Å². The van der Waals surface area contributed by atoms with E-state index in [2.05, 4.69) is 32.5 Å². The molecule has 0 radical (unpaired) electrons. The molecule has 4 rings (SSSR count). The first-order valence-corrected chi connectivity index (χ1v) is 8.88. The molecule has 136 valence electrons. The van der Waals surface area contributed by atoms with Gasteiger partial charge in [0.2, 0.25) is 0 Å². The third-order valence-electron chi connectivity index (χ3n) is 4.77. The normalized spacial score (nSPS) is 12.3. The minimum absolute atomic E-state index is 0.365. The van der Waals surface area contributed by atoms with Crippen LogP contribution in [-0.4, -0.2) is 31.2 Å². The van der Waals surface area contributed by atoms with Crippen molar-refractivity contribution in [1.82, 2.24) is 19.6 Å². The number of hydrogen-bond donors (Lipinski definition) is 2. The zero-order valence-corrected chi connectivity index (χ0v) is 15.3. The molecule has 27 heavy (non-hydrogen) atoms. The van der Waals surface area contributed by atoms with E-state index in [4.69, 9.17) is 0 Å². The predicted molar refractivity (Wildman–Crippen MR) is 106 cm³/mol. The molecule has 1 unspecified atom stereocenters. The molecule has 0 spiro atoms. The number of nitrogens with one attached hydrogen (secondary N) is 1. The summed E-state index contributed by atoms with van der Waals surface area (Å²) in [6, 6.07) is 18.2. The van der Waals surface area contributed by atoms with Crippen molar-refractivity contribution in [2.24, 2.45) is 0 Å². The molecular weight excluding hydrogens is 338 g/mol. The maximum atomic E-state index is 10.6. The van der Waals surface area contributed by atoms with E-state index in [1.165, 1.54) is 6.33 Å². The number of nitrogens with zero attached hydrogens (tertiary/aromatic N) is 4. The summed E-state index contributed by atoms with van der Waals surface area (Å²) in [6.07, 6.45) is 0.840. The highest BCUT2D eigenvalue weighted by Crippen LogP contribution is 2.23. The number of hydrogen-bond acceptors (Lipinski definition) is 5. The molecule has 0 aliphatic heterocycles. The highest BCUT2D eigenvalue weighted by atomic mass is 16.3. The second kappa shape index (κ2) is 7.17. The standard InChI is InChI=1S/C21H21N5O/c1-14-15(2)25-21-23-13-24-26(21)20(14)22-12-19(27)18-10-8-17(9-11-18)16-6-4-3-5-7-16/h3-11,13,19,22,27H,12H2,1-2H3. The van der Waals surface area contributed by atoms with Gasteiger partial charge in [0.05, 0.1) is 6.10 Å². The summed E-state index contributed by atoms with van der Waals surface area (Å²) in [5.74, 6) is 1.34. The molecular formula is C21H21N5O. The van der Waals surface area contributed by atoms with Crippen molar-refractivity contribution in [3.63, 3.8) is 0 Å². The van der Waals surface area contributed by atoms with Crippen LogP contribution in [0.2, 0.25) is 0 Å². The van der Waals surface area contributed by atoms with Gasteiger partial charge >= 0.3 is 0 Å². The quantitative estimate of drug-likeness (QED) is 0.570. The van der Waals surface area contributed by atoms with Gasteiger partial charge in [-0.2, -0.15) is 14.6 Å². The first-order chi connectivity index (χ1) is 13.1. The van der Waals surface area contributed by atoms with Gasteiger partial charge in [-0.15, -0.1) is 0 Å². The second-order valence-corrected chi connectivity index (χ2v) is 6.53. The summed E-state index contributed by atoms with van der Waals surface area (Å²) < 4.78 is 1.66. The van der Waals surface area contributed by atoms with Crippen LogP contribution in [0.15, 0.2) is 60.9 Å². The van der Waals surface area contributed by atoms with E-state index in [0.717, 1.165) is 33.8 Å². The van der Waals surface area contributed by atoms with Gasteiger partial charge in [0.1, 0.15) is 12.1 Å². The fourth-order valence-electron chi connectivity index (χ4n) is 3.08. The van der Waals surface area contributed by atoms with Crippen molar-refractivity contribution in [1.29, 1.82) is 0 Å². The summed E-state index contributed by atoms with van der Waals surface area (Å²) in [5.41, 5.74) is 5.03. The highest BCUT2D eigenvalue weighted by Gasteiger charge is 2.13. The number of aromatic nitrogens is 4. The van der Waals surface area contributed by atoms with E-state index in [1.54, 1.807) is 4.52 Å². The van der Waals surface area contributed by atoms with Crippen LogP contribution in [-0.2, 0) is 0 Å². The van der Waals surface area contributed by atoms with Crippen LogP contribution in [0.3, 0.4) is 0 Å². The number of rotatable bonds is 5. The molecule has 0 amide bonds. The maximum Gasteiger partial charge on any atom is 0.254 e. The number of aliphatic hydroxyl groups is 1. The van der Waals surface area contributed by atoms with Crippen LogP contribution in [0.25, 0.3) is 16.9 Å². The van der Waals surface area contributed by atoms with Gasteiger partial charge in [-0.25, -0.2) is 4.98 Å². The van der Waals surface area contributed by atoms with Crippen LogP contribution in [0, 0.1) is 13.8 Å². The molecule has 6 nitrogen and oxygen atoms in total. The average Bonchev–Trinajstić information content (AvgIpc) is 3.17. The Morgan fingerprint density at radius 3 is 2.44 bits per heavy atom. The first kappa shape index (κ1) is 17.2. The lowest BCUT2D eigenvalue weighted by molar-refractivity contribution is 0.191. The number of aryl methyl sites for hydroxylation is 1. The van der Waals surface area contributed by atoms with Crippen molar-refractivity contribution in [3.8, 4) is 11.1 Å². The molecule has 0 aliphatic carbocycles. The second-order valence-electron chi connectivity index (χ2n) is 6.53. The van der Waals surface area contributed by atoms with Gasteiger partial charge in [-0.05, 0) is 30.5 Å². The number of benzene rings is 2. The smallest absolute Gasteiger partial charge is 0.254 e. The Labute approximate surface area is 157 Å². The Kier molecular flexibility index (Phi) is 4.56. The van der Waals surface area contributed by atoms with E-state index in [1.807, 2.05) is 56.3 Å². The largest absolute Gasteiger partial charge is 0.387 e. The summed E-state index contributed by atoms with van der Waals surface area (Å²) in [4.78, 5) is 8.55. The van der Waals surface area contributed by atoms with Gasteiger partial charge in [0.15, 0.2) is 0 Å². The lowest BCUT2D eigenvalue weighted by Gasteiger charge is -2.16. The summed E-state index contributed by atoms with van der Waals surface area (Å²) in [5, 5.41) is 18.1. The molecule has 0 saturated heterocycles. The third-order valence-corrected chi connectivity index (χ3v) is 4.77. The maximum absolute atomic E-state index is 10.6. The fourth-order valence-corrected chi connectivity index (χ4v) is 3.08. The molecule has 1 atom stereocenters. The molecule has 2 heterocycles. The van der Waals surface area contributed by atoms with Crippen molar-refractivity contribution in [2.75, 3.05) is 11.9 Å². The van der Waals surface area contributed by atoms with Crippen molar-refractivity contribution in [2.45, 2.75) is 20.0 Å². The monoisotopic (exact) mass is 359 g/mol. The zero-order chi connectivity index (χ0) is 18.8. The van der Waals surface area contributed by atoms with E-state index in [-0.39, 0.29) is 0 Å². The lowest BCUT2D eigenvalue weighted by Crippen LogP contribution is -2.16. The van der Waals surface area contributed by atoms with E-state index in [0.29, 0.717) is 12.3 Å². The number of fused-ring (bicyclic) bond motifs is 1. The van der Waals surface area contributed by atoms with Crippen LogP contribution in [0.4, 0.5) is 5.82 Å². The zero-order valence-electron chi connectivity index (χ0n) is 15.3. The molecule has 0 saturated carbocycles. The Balaban J connectivity index is 1.51. The Morgan fingerprint density at radius 2 is 1.70 bits per heavy atom. The van der Waals surface area contributed by atoms with Gasteiger partial charge < -0.3 is 10.4 Å². The SMILES string of the molecule is Cc1nc2ncnn2c(NCC(O)c2ccc(-c3ccccc3)cc2)c1C. The summed E-state index contributed by atoms with van der Waals surface area (Å²) in [6.45, 7) is 4.28.